The summed E-state index contributed by atoms with van der Waals surface area (Å²) in [5.41, 5.74) is 20.5. The summed E-state index contributed by atoms with van der Waals surface area (Å²) in [4.78, 5) is 4.77. The minimum Gasteiger partial charge on any atom is -0.383 e. The third kappa shape index (κ3) is 9.80. The summed E-state index contributed by atoms with van der Waals surface area (Å²) in [6, 6.07) is 16.3. The molecule has 0 aromatic heterocycles. The Morgan fingerprint density at radius 3 is 2.00 bits per heavy atom. The van der Waals surface area contributed by atoms with Crippen LogP contribution >= 0.6 is 0 Å². The number of rotatable bonds is 9. The molecule has 1 saturated carbocycles. The smallest absolute Gasteiger partial charge is 0.131 e. The lowest BCUT2D eigenvalue weighted by atomic mass is 9.49. The quantitative estimate of drug-likeness (QED) is 0.171. The van der Waals surface area contributed by atoms with Gasteiger partial charge in [0, 0.05) is 22.2 Å². The van der Waals surface area contributed by atoms with E-state index in [4.69, 9.17) is 21.7 Å². The lowest BCUT2D eigenvalue weighted by molar-refractivity contribution is 0.0690. The average Bonchev–Trinajstić information content (AvgIpc) is 3.03. The van der Waals surface area contributed by atoms with Crippen molar-refractivity contribution in [2.45, 2.75) is 120 Å². The summed E-state index contributed by atoms with van der Waals surface area (Å²) in [6.45, 7) is 29.0. The van der Waals surface area contributed by atoms with Crippen molar-refractivity contribution in [3.63, 3.8) is 0 Å². The molecule has 1 aliphatic carbocycles. The zero-order valence-electron chi connectivity index (χ0n) is 30.0. The summed E-state index contributed by atoms with van der Waals surface area (Å²) >= 11 is 0. The fourth-order valence-corrected chi connectivity index (χ4v) is 5.91. The van der Waals surface area contributed by atoms with Gasteiger partial charge in [0.05, 0.1) is 11.6 Å². The number of nitriles is 1. The lowest BCUT2D eigenvalue weighted by Gasteiger charge is -2.58. The van der Waals surface area contributed by atoms with Crippen molar-refractivity contribution in [1.29, 1.82) is 5.26 Å². The first-order chi connectivity index (χ1) is 20.9. The molecule has 4 N–H and O–H groups in total. The summed E-state index contributed by atoms with van der Waals surface area (Å²) in [6.07, 6.45) is 10.1. The van der Waals surface area contributed by atoms with Gasteiger partial charge in [0.2, 0.25) is 0 Å². The van der Waals surface area contributed by atoms with Crippen LogP contribution in [0.5, 0.6) is 0 Å². The summed E-state index contributed by atoms with van der Waals surface area (Å²) < 4.78 is 0. The molecule has 0 aliphatic heterocycles. The van der Waals surface area contributed by atoms with Gasteiger partial charge < -0.3 is 11.5 Å². The van der Waals surface area contributed by atoms with Crippen molar-refractivity contribution in [3.8, 4) is 6.07 Å². The van der Waals surface area contributed by atoms with Crippen molar-refractivity contribution in [1.82, 2.24) is 0 Å². The summed E-state index contributed by atoms with van der Waals surface area (Å²) in [5, 5.41) is 9.09. The van der Waals surface area contributed by atoms with Crippen LogP contribution in [0.1, 0.15) is 123 Å². The molecular formula is C40H62N4. The third-order valence-corrected chi connectivity index (χ3v) is 8.61. The number of aryl methyl sites for hydroxylation is 2. The Morgan fingerprint density at radius 2 is 1.57 bits per heavy atom. The molecule has 0 bridgehead atoms. The van der Waals surface area contributed by atoms with Crippen LogP contribution in [-0.4, -0.2) is 11.4 Å². The van der Waals surface area contributed by atoms with Crippen LogP contribution in [0.25, 0.3) is 0 Å². The molecule has 0 amide bonds. The van der Waals surface area contributed by atoms with Gasteiger partial charge in [0.15, 0.2) is 0 Å². The van der Waals surface area contributed by atoms with E-state index in [0.29, 0.717) is 17.7 Å². The van der Waals surface area contributed by atoms with Crippen molar-refractivity contribution in [3.05, 3.63) is 106 Å². The van der Waals surface area contributed by atoms with E-state index in [1.165, 1.54) is 16.7 Å². The maximum Gasteiger partial charge on any atom is 0.131 e. The van der Waals surface area contributed by atoms with Crippen LogP contribution in [0.2, 0.25) is 0 Å². The van der Waals surface area contributed by atoms with Crippen LogP contribution in [0.4, 0.5) is 0 Å². The monoisotopic (exact) mass is 598 g/mol. The SMILES string of the molecule is C=C/C=C\C(=C(N=C(N)c1ccccc1C)C(C)C)C(C)C.CC.CC.CCC1(c2cc(C#N)ccc2C)CC[C@@]1(N)CC. The van der Waals surface area contributed by atoms with E-state index in [-0.39, 0.29) is 11.0 Å². The fourth-order valence-electron chi connectivity index (χ4n) is 5.91. The van der Waals surface area contributed by atoms with Crippen molar-refractivity contribution in [2.75, 3.05) is 0 Å². The zero-order valence-corrected chi connectivity index (χ0v) is 30.0. The summed E-state index contributed by atoms with van der Waals surface area (Å²) in [7, 11) is 0. The second-order valence-electron chi connectivity index (χ2n) is 11.6. The zero-order chi connectivity index (χ0) is 34.1. The maximum absolute atomic E-state index is 9.09. The minimum absolute atomic E-state index is 0.0681. The number of benzene rings is 2. The highest BCUT2D eigenvalue weighted by Crippen LogP contribution is 2.55. The van der Waals surface area contributed by atoms with Crippen molar-refractivity contribution in [2.24, 2.45) is 28.3 Å². The molecule has 1 fully saturated rings. The fraction of sp³-hybridized carbons (Fsp3) is 0.500. The van der Waals surface area contributed by atoms with E-state index in [1.54, 1.807) is 6.08 Å². The van der Waals surface area contributed by atoms with E-state index in [9.17, 15) is 0 Å². The molecule has 4 nitrogen and oxygen atoms in total. The summed E-state index contributed by atoms with van der Waals surface area (Å²) in [5.74, 6) is 1.25. The van der Waals surface area contributed by atoms with Crippen LogP contribution in [0.15, 0.2) is 83.5 Å². The van der Waals surface area contributed by atoms with E-state index >= 15 is 0 Å². The van der Waals surface area contributed by atoms with E-state index < -0.39 is 0 Å². The van der Waals surface area contributed by atoms with Crippen LogP contribution in [0.3, 0.4) is 0 Å². The second-order valence-corrected chi connectivity index (χ2v) is 11.6. The Labute approximate surface area is 271 Å². The van der Waals surface area contributed by atoms with Crippen molar-refractivity contribution >= 4 is 5.84 Å². The van der Waals surface area contributed by atoms with Gasteiger partial charge in [-0.3, -0.25) is 0 Å². The lowest BCUT2D eigenvalue weighted by Crippen LogP contribution is -2.65. The van der Waals surface area contributed by atoms with Gasteiger partial charge in [-0.25, -0.2) is 4.99 Å². The molecule has 0 radical (unpaired) electrons. The molecule has 2 atom stereocenters. The number of hydrogen-bond donors (Lipinski definition) is 2. The van der Waals surface area contributed by atoms with Crippen LogP contribution < -0.4 is 11.5 Å². The molecule has 0 saturated heterocycles. The first kappa shape index (κ1) is 40.6. The number of nitrogens with zero attached hydrogens (tertiary/aromatic N) is 2. The minimum atomic E-state index is -0.0966. The van der Waals surface area contributed by atoms with Gasteiger partial charge in [-0.05, 0) is 85.8 Å². The number of nitrogens with two attached hydrogens (primary N) is 2. The number of amidine groups is 1. The van der Waals surface area contributed by atoms with Gasteiger partial charge in [0.1, 0.15) is 5.84 Å². The Bertz CT molecular complexity index is 1300. The highest BCUT2D eigenvalue weighted by Gasteiger charge is 2.55. The average molecular weight is 599 g/mol. The highest BCUT2D eigenvalue weighted by molar-refractivity contribution is 5.99. The molecule has 44 heavy (non-hydrogen) atoms. The Hall–Kier alpha value is -3.42. The van der Waals surface area contributed by atoms with Crippen LogP contribution in [0, 0.1) is 37.0 Å². The maximum atomic E-state index is 9.09. The largest absolute Gasteiger partial charge is 0.383 e. The predicted octanol–water partition coefficient (Wildman–Crippen LogP) is 10.5. The van der Waals surface area contributed by atoms with Crippen LogP contribution in [-0.2, 0) is 5.41 Å². The molecule has 2 aromatic carbocycles. The van der Waals surface area contributed by atoms with E-state index in [0.717, 1.165) is 48.1 Å². The van der Waals surface area contributed by atoms with Crippen molar-refractivity contribution < 1.29 is 0 Å². The first-order valence-electron chi connectivity index (χ1n) is 16.6. The molecule has 242 valence electrons. The topological polar surface area (TPSA) is 88.2 Å². The Balaban J connectivity index is 0.000000765. The standard InChI is InChI=1S/C20H28N2.C16H22N2.2C2H6/c1-7-8-12-17(14(2)3)19(15(4)5)22-20(21)18-13-10-9-11-16(18)6;1-4-15(8-9-16(15,18)5-2)14-10-13(11-17)7-6-12(14)3;2*1-2/h7-15H,1H2,2-6H3,(H2,21,22);6-7,10H,4-5,8-9,18H2,1-3H3;2*1-2H3/b12-8-,19-17?;;;/t;15?,16-;;/m.0../s1. The number of hydrogen-bond acceptors (Lipinski definition) is 3. The molecule has 3 rings (SSSR count). The van der Waals surface area contributed by atoms with Gasteiger partial charge >= 0.3 is 0 Å². The normalized spacial score (nSPS) is 19.7. The van der Waals surface area contributed by atoms with Gasteiger partial charge in [-0.2, -0.15) is 5.26 Å². The Kier molecular flexibility index (Phi) is 18.2. The molecule has 1 aliphatic rings. The Morgan fingerprint density at radius 1 is 0.955 bits per heavy atom. The molecule has 2 aromatic rings. The molecule has 1 unspecified atom stereocenters. The second kappa shape index (κ2) is 19.8. The van der Waals surface area contributed by atoms with Gasteiger partial charge in [0.25, 0.3) is 0 Å². The molecule has 4 heteroatoms. The first-order valence-corrected chi connectivity index (χ1v) is 16.6. The highest BCUT2D eigenvalue weighted by atomic mass is 14.9. The third-order valence-electron chi connectivity index (χ3n) is 8.61. The van der Waals surface area contributed by atoms with Gasteiger partial charge in [-0.1, -0.05) is 124 Å². The predicted molar refractivity (Wildman–Crippen MR) is 195 cm³/mol. The van der Waals surface area contributed by atoms with Gasteiger partial charge in [-0.15, -0.1) is 0 Å². The molecular weight excluding hydrogens is 536 g/mol. The van der Waals surface area contributed by atoms with E-state index in [1.807, 2.05) is 58.0 Å². The number of aliphatic imine (C=N–C) groups is 1. The molecule has 0 spiro atoms. The van der Waals surface area contributed by atoms with E-state index in [2.05, 4.69) is 92.3 Å². The molecule has 0 heterocycles. The number of allylic oxidation sites excluding steroid dienone is 5.